The largest absolute Gasteiger partial charge is 0.481 e. The zero-order valence-electron chi connectivity index (χ0n) is 25.3. The highest BCUT2D eigenvalue weighted by molar-refractivity contribution is 6.36. The van der Waals surface area contributed by atoms with E-state index in [1.165, 1.54) is 24.9 Å². The summed E-state index contributed by atoms with van der Waals surface area (Å²) in [6.07, 6.45) is 2.91. The lowest BCUT2D eigenvalue weighted by Gasteiger charge is -2.41. The van der Waals surface area contributed by atoms with Gasteiger partial charge in [0.15, 0.2) is 0 Å². The average Bonchev–Trinajstić information content (AvgIpc) is 3.41. The summed E-state index contributed by atoms with van der Waals surface area (Å²) in [6, 6.07) is 13.2. The number of rotatable bonds is 7. The van der Waals surface area contributed by atoms with Gasteiger partial charge in [-0.2, -0.15) is 0 Å². The number of hydrogen-bond acceptors (Lipinski definition) is 7. The number of hydrogen-bond donors (Lipinski definition) is 2. The van der Waals surface area contributed by atoms with E-state index in [1.54, 1.807) is 19.2 Å². The highest BCUT2D eigenvalue weighted by atomic mass is 35.5. The van der Waals surface area contributed by atoms with Crippen LogP contribution in [0.5, 0.6) is 5.88 Å². The number of ether oxygens (including phenoxy) is 1. The predicted octanol–water partition coefficient (Wildman–Crippen LogP) is 4.04. The van der Waals surface area contributed by atoms with Crippen molar-refractivity contribution < 1.29 is 19.4 Å². The van der Waals surface area contributed by atoms with Crippen LogP contribution in [0.25, 0.3) is 22.4 Å². The fourth-order valence-electron chi connectivity index (χ4n) is 6.32. The van der Waals surface area contributed by atoms with Crippen LogP contribution in [0.3, 0.4) is 0 Å². The fourth-order valence-corrected chi connectivity index (χ4v) is 6.64. The molecule has 2 aromatic heterocycles. The van der Waals surface area contributed by atoms with Crippen LogP contribution in [0.4, 0.5) is 5.69 Å². The molecular weight excluding hydrogens is 598 g/mol. The Balaban J connectivity index is 1.32. The summed E-state index contributed by atoms with van der Waals surface area (Å²) in [5, 5.41) is 12.6. The van der Waals surface area contributed by atoms with Crippen LogP contribution < -0.4 is 21.3 Å². The van der Waals surface area contributed by atoms with Crippen molar-refractivity contribution in [1.29, 1.82) is 0 Å². The molecule has 11 nitrogen and oxygen atoms in total. The minimum Gasteiger partial charge on any atom is -0.481 e. The number of carbonyl (C=O) groups excluding carboxylic acids is 1. The number of pyridine rings is 1. The van der Waals surface area contributed by atoms with E-state index in [0.717, 1.165) is 50.8 Å². The number of carboxylic acid groups (broad SMARTS) is 1. The Morgan fingerprint density at radius 2 is 1.76 bits per heavy atom. The molecule has 45 heavy (non-hydrogen) atoms. The Kier molecular flexibility index (Phi) is 7.84. The summed E-state index contributed by atoms with van der Waals surface area (Å²) >= 11 is 7.07. The van der Waals surface area contributed by atoms with Crippen LogP contribution in [-0.2, 0) is 25.3 Å². The third-order valence-corrected chi connectivity index (χ3v) is 9.27. The van der Waals surface area contributed by atoms with Gasteiger partial charge in [0.2, 0.25) is 5.88 Å². The average molecular weight is 630 g/mol. The second-order valence-electron chi connectivity index (χ2n) is 11.5. The first-order chi connectivity index (χ1) is 21.5. The lowest BCUT2D eigenvalue weighted by molar-refractivity contribution is -0.148. The molecule has 232 valence electrons. The van der Waals surface area contributed by atoms with Gasteiger partial charge in [0.1, 0.15) is 5.56 Å². The number of nitrogens with zero attached hydrogens (tertiary/aromatic N) is 4. The first-order valence-corrected chi connectivity index (χ1v) is 14.9. The van der Waals surface area contributed by atoms with E-state index >= 15 is 0 Å². The van der Waals surface area contributed by atoms with E-state index in [1.807, 2.05) is 37.3 Å². The number of aryl methyl sites for hydroxylation is 2. The van der Waals surface area contributed by atoms with Crippen LogP contribution in [0.2, 0.25) is 5.02 Å². The second-order valence-corrected chi connectivity index (χ2v) is 11.9. The third-order valence-electron chi connectivity index (χ3n) is 8.86. The zero-order valence-corrected chi connectivity index (χ0v) is 26.0. The number of carbonyl (C=O) groups is 2. The number of benzene rings is 2. The summed E-state index contributed by atoms with van der Waals surface area (Å²) < 4.78 is 7.84. The maximum atomic E-state index is 13.1. The quantitative estimate of drug-likeness (QED) is 0.313. The van der Waals surface area contributed by atoms with Crippen molar-refractivity contribution >= 4 is 29.2 Å². The molecule has 2 aliphatic rings. The zero-order chi connectivity index (χ0) is 32.2. The Hall–Kier alpha value is -4.74. The summed E-state index contributed by atoms with van der Waals surface area (Å²) in [5.41, 5.74) is 4.89. The van der Waals surface area contributed by atoms with E-state index in [0.29, 0.717) is 35.4 Å². The molecule has 0 saturated carbocycles. The lowest BCUT2D eigenvalue weighted by atomic mass is 9.94. The van der Waals surface area contributed by atoms with E-state index in [-0.39, 0.29) is 17.5 Å². The van der Waals surface area contributed by atoms with Crippen LogP contribution in [0, 0.1) is 12.8 Å². The normalized spacial score (nSPS) is 16.2. The molecule has 0 unspecified atom stereocenters. The third kappa shape index (κ3) is 5.21. The van der Waals surface area contributed by atoms with Crippen molar-refractivity contribution in [2.24, 2.45) is 20.0 Å². The number of methoxy groups -OCH3 is 1. The van der Waals surface area contributed by atoms with Gasteiger partial charge in [0.25, 0.3) is 11.5 Å². The Morgan fingerprint density at radius 1 is 1.07 bits per heavy atom. The monoisotopic (exact) mass is 629 g/mol. The number of anilines is 1. The van der Waals surface area contributed by atoms with Gasteiger partial charge < -0.3 is 19.7 Å². The van der Waals surface area contributed by atoms with Gasteiger partial charge in [-0.1, -0.05) is 41.9 Å². The molecule has 12 heteroatoms. The standard InChI is InChI=1S/C33H32ClN5O6/c1-17-20(7-6-10-24(17)35-29(40)23-16-37(2)33(44)38(3)31(23)41)21-8-5-9-22(28(21)34)25-13-18-11-12-26(27(18)30(36-25)45-4)39-14-19(15-39)32(42)43/h5-10,13,16,19,26H,11-12,14-15H2,1-4H3,(H,35,40)(H,42,43)/t26-/m0/s1. The molecule has 0 spiro atoms. The molecule has 1 aliphatic heterocycles. The Morgan fingerprint density at radius 3 is 2.47 bits per heavy atom. The van der Waals surface area contributed by atoms with Crippen molar-refractivity contribution in [3.05, 3.63) is 96.8 Å². The fraction of sp³-hybridized carbons (Fsp3) is 0.303. The number of aromatic nitrogens is 3. The maximum absolute atomic E-state index is 13.1. The predicted molar refractivity (Wildman–Crippen MR) is 170 cm³/mol. The molecule has 0 bridgehead atoms. The van der Waals surface area contributed by atoms with Gasteiger partial charge in [-0.3, -0.25) is 23.9 Å². The first kappa shape index (κ1) is 30.3. The van der Waals surface area contributed by atoms with E-state index < -0.39 is 23.1 Å². The lowest BCUT2D eigenvalue weighted by Crippen LogP contribution is -2.51. The molecule has 1 aliphatic carbocycles. The van der Waals surface area contributed by atoms with Crippen LogP contribution in [0.15, 0.2) is 58.3 Å². The van der Waals surface area contributed by atoms with Crippen molar-refractivity contribution in [3.8, 4) is 28.3 Å². The second kappa shape index (κ2) is 11.6. The molecular formula is C33H32ClN5O6. The Labute approximate surface area is 263 Å². The molecule has 0 radical (unpaired) electrons. The summed E-state index contributed by atoms with van der Waals surface area (Å²) in [6.45, 7) is 2.88. The molecule has 2 aromatic carbocycles. The number of likely N-dealkylation sites (tertiary alicyclic amines) is 1. The molecule has 1 amide bonds. The van der Waals surface area contributed by atoms with Crippen molar-refractivity contribution in [2.45, 2.75) is 25.8 Å². The molecule has 3 heterocycles. The van der Waals surface area contributed by atoms with Gasteiger partial charge in [-0.25, -0.2) is 9.78 Å². The summed E-state index contributed by atoms with van der Waals surface area (Å²) in [4.78, 5) is 56.2. The van der Waals surface area contributed by atoms with E-state index in [4.69, 9.17) is 21.3 Å². The number of halogens is 1. The summed E-state index contributed by atoms with van der Waals surface area (Å²) in [5.74, 6) is -1.23. The molecule has 1 fully saturated rings. The van der Waals surface area contributed by atoms with Crippen LogP contribution >= 0.6 is 11.6 Å². The van der Waals surface area contributed by atoms with Crippen molar-refractivity contribution in [2.75, 3.05) is 25.5 Å². The Bertz CT molecular complexity index is 1990. The van der Waals surface area contributed by atoms with E-state index in [9.17, 15) is 24.3 Å². The van der Waals surface area contributed by atoms with Crippen LogP contribution in [0.1, 0.15) is 39.5 Å². The topological polar surface area (TPSA) is 136 Å². The minimum absolute atomic E-state index is 0.0652. The number of amides is 1. The number of fused-ring (bicyclic) bond motifs is 1. The SMILES string of the molecule is COc1nc(-c2cccc(-c3cccc(NC(=O)c4cn(C)c(=O)n(C)c4=O)c3C)c2Cl)cc2c1[C@@H](N1CC(C(=O)O)C1)CC2. The molecule has 2 N–H and O–H groups in total. The van der Waals surface area contributed by atoms with Crippen LogP contribution in [-0.4, -0.2) is 56.2 Å². The molecule has 1 atom stereocenters. The smallest absolute Gasteiger partial charge is 0.330 e. The number of aliphatic carboxylic acids is 1. The first-order valence-electron chi connectivity index (χ1n) is 14.5. The van der Waals surface area contributed by atoms with Gasteiger partial charge >= 0.3 is 11.7 Å². The van der Waals surface area contributed by atoms with Crippen molar-refractivity contribution in [1.82, 2.24) is 19.0 Å². The van der Waals surface area contributed by atoms with Gasteiger partial charge in [0.05, 0.1) is 23.7 Å². The van der Waals surface area contributed by atoms with Gasteiger partial charge in [-0.05, 0) is 48.6 Å². The van der Waals surface area contributed by atoms with Gasteiger partial charge in [0, 0.05) is 61.8 Å². The highest BCUT2D eigenvalue weighted by Gasteiger charge is 2.41. The molecule has 1 saturated heterocycles. The number of nitrogens with one attached hydrogen (secondary N) is 1. The highest BCUT2D eigenvalue weighted by Crippen LogP contribution is 2.46. The molecule has 6 rings (SSSR count). The number of carboxylic acids is 1. The van der Waals surface area contributed by atoms with Crippen molar-refractivity contribution in [3.63, 3.8) is 0 Å². The maximum Gasteiger partial charge on any atom is 0.330 e. The summed E-state index contributed by atoms with van der Waals surface area (Å²) in [7, 11) is 4.39. The minimum atomic E-state index is -0.766. The van der Waals surface area contributed by atoms with E-state index in [2.05, 4.69) is 10.2 Å². The molecule has 4 aromatic rings. The van der Waals surface area contributed by atoms with Gasteiger partial charge in [-0.15, -0.1) is 0 Å².